The van der Waals surface area contributed by atoms with Gasteiger partial charge in [0.1, 0.15) is 5.75 Å². The Kier molecular flexibility index (Phi) is 7.59. The molecule has 0 saturated heterocycles. The monoisotopic (exact) mass is 477 g/mol. The molecule has 168 valence electrons. The summed E-state index contributed by atoms with van der Waals surface area (Å²) in [6, 6.07) is 22.8. The first-order chi connectivity index (χ1) is 16.1. The maximum Gasteiger partial charge on any atom is 0.236 e. The lowest BCUT2D eigenvalue weighted by Gasteiger charge is -2.07. The first kappa shape index (κ1) is 22.8. The van der Waals surface area contributed by atoms with Gasteiger partial charge in [-0.25, -0.2) is 4.98 Å². The van der Waals surface area contributed by atoms with E-state index in [2.05, 4.69) is 15.6 Å². The average Bonchev–Trinajstić information content (AvgIpc) is 3.21. The molecule has 0 saturated carbocycles. The van der Waals surface area contributed by atoms with Crippen molar-refractivity contribution in [1.82, 2.24) is 4.98 Å². The molecule has 0 bridgehead atoms. The first-order valence-corrected chi connectivity index (χ1v) is 12.3. The molecule has 0 aliphatic heterocycles. The van der Waals surface area contributed by atoms with Gasteiger partial charge in [0.05, 0.1) is 29.0 Å². The van der Waals surface area contributed by atoms with Gasteiger partial charge in [-0.15, -0.1) is 11.8 Å². The van der Waals surface area contributed by atoms with E-state index in [1.165, 1.54) is 23.1 Å². The fourth-order valence-electron chi connectivity index (χ4n) is 3.14. The number of aromatic nitrogens is 1. The molecule has 4 aromatic rings. The molecule has 0 aliphatic rings. The molecule has 0 spiro atoms. The number of carbonyl (C=O) groups excluding carboxylic acids is 2. The van der Waals surface area contributed by atoms with Crippen molar-refractivity contribution < 1.29 is 14.3 Å². The fraction of sp³-hybridized carbons (Fsp3) is 0.160. The van der Waals surface area contributed by atoms with E-state index in [-0.39, 0.29) is 17.6 Å². The minimum absolute atomic E-state index is 0.0646. The molecule has 2 amide bonds. The van der Waals surface area contributed by atoms with Gasteiger partial charge < -0.3 is 15.4 Å². The van der Waals surface area contributed by atoms with Crippen LogP contribution in [0, 0.1) is 0 Å². The van der Waals surface area contributed by atoms with Crippen molar-refractivity contribution in [2.45, 2.75) is 18.2 Å². The van der Waals surface area contributed by atoms with Gasteiger partial charge in [0, 0.05) is 10.6 Å². The van der Waals surface area contributed by atoms with Crippen LogP contribution in [0.2, 0.25) is 0 Å². The van der Waals surface area contributed by atoms with Gasteiger partial charge in [-0.05, 0) is 55.0 Å². The third-order valence-electron chi connectivity index (χ3n) is 4.63. The summed E-state index contributed by atoms with van der Waals surface area (Å²) in [5, 5.41) is 6.33. The predicted octanol–water partition coefficient (Wildman–Crippen LogP) is 5.61. The number of benzene rings is 3. The lowest BCUT2D eigenvalue weighted by Crippen LogP contribution is -2.14. The summed E-state index contributed by atoms with van der Waals surface area (Å²) in [4.78, 5) is 30.0. The highest BCUT2D eigenvalue weighted by Crippen LogP contribution is 2.29. The fourth-order valence-corrected chi connectivity index (χ4v) is 4.75. The number of anilines is 2. The third-order valence-corrected chi connectivity index (χ3v) is 6.58. The third kappa shape index (κ3) is 6.57. The van der Waals surface area contributed by atoms with Crippen molar-refractivity contribution in [2.75, 3.05) is 23.0 Å². The second-order valence-corrected chi connectivity index (χ2v) is 9.23. The van der Waals surface area contributed by atoms with E-state index in [1.54, 1.807) is 0 Å². The van der Waals surface area contributed by atoms with Crippen LogP contribution >= 0.6 is 23.1 Å². The van der Waals surface area contributed by atoms with Crippen molar-refractivity contribution in [2.24, 2.45) is 0 Å². The summed E-state index contributed by atoms with van der Waals surface area (Å²) in [6.07, 6.45) is 0.330. The number of thiazole rings is 1. The number of fused-ring (bicyclic) bond motifs is 1. The predicted molar refractivity (Wildman–Crippen MR) is 135 cm³/mol. The molecular formula is C25H23N3O3S2. The Morgan fingerprint density at radius 3 is 2.52 bits per heavy atom. The number of hydrogen-bond acceptors (Lipinski definition) is 6. The average molecular weight is 478 g/mol. The van der Waals surface area contributed by atoms with Crippen LogP contribution in [0.4, 0.5) is 10.8 Å². The highest BCUT2D eigenvalue weighted by molar-refractivity contribution is 8.00. The zero-order valence-corrected chi connectivity index (χ0v) is 19.7. The lowest BCUT2D eigenvalue weighted by atomic mass is 10.1. The van der Waals surface area contributed by atoms with Gasteiger partial charge >= 0.3 is 0 Å². The number of amides is 2. The Morgan fingerprint density at radius 2 is 1.76 bits per heavy atom. The van der Waals surface area contributed by atoms with E-state index >= 15 is 0 Å². The molecule has 3 aromatic carbocycles. The molecule has 6 nitrogen and oxygen atoms in total. The molecule has 8 heteroatoms. The molecule has 1 aromatic heterocycles. The standard InChI is InChI=1S/C25H23N3O3S2/c1-2-31-19-10-13-21-22(15-19)33-25(27-21)28-24(30)16-32-20-11-8-18(9-12-20)26-23(29)14-17-6-4-3-5-7-17/h3-13,15H,2,14,16H2,1H3,(H,26,29)(H,27,28,30). The molecule has 0 aliphatic carbocycles. The Hall–Kier alpha value is -3.36. The zero-order valence-electron chi connectivity index (χ0n) is 18.0. The number of thioether (sulfide) groups is 1. The van der Waals surface area contributed by atoms with E-state index in [0.29, 0.717) is 18.2 Å². The van der Waals surface area contributed by atoms with E-state index in [4.69, 9.17) is 4.74 Å². The van der Waals surface area contributed by atoms with Gasteiger partial charge in [0.25, 0.3) is 0 Å². The second-order valence-electron chi connectivity index (χ2n) is 7.15. The molecule has 2 N–H and O–H groups in total. The first-order valence-electron chi connectivity index (χ1n) is 10.5. The van der Waals surface area contributed by atoms with Crippen molar-refractivity contribution >= 4 is 55.9 Å². The van der Waals surface area contributed by atoms with Crippen LogP contribution in [0.5, 0.6) is 5.75 Å². The molecule has 1 heterocycles. The second kappa shape index (κ2) is 11.0. The highest BCUT2D eigenvalue weighted by Gasteiger charge is 2.10. The van der Waals surface area contributed by atoms with Crippen molar-refractivity contribution in [3.8, 4) is 5.75 Å². The summed E-state index contributed by atoms with van der Waals surface area (Å²) < 4.78 is 6.48. The van der Waals surface area contributed by atoms with Crippen LogP contribution in [-0.2, 0) is 16.0 Å². The van der Waals surface area contributed by atoms with Crippen LogP contribution in [0.3, 0.4) is 0 Å². The Labute approximate surface area is 200 Å². The van der Waals surface area contributed by atoms with E-state index in [0.717, 1.165) is 32.1 Å². The van der Waals surface area contributed by atoms with Crippen molar-refractivity contribution in [3.05, 3.63) is 78.4 Å². The van der Waals surface area contributed by atoms with Gasteiger partial charge in [-0.2, -0.15) is 0 Å². The van der Waals surface area contributed by atoms with E-state index < -0.39 is 0 Å². The summed E-state index contributed by atoms with van der Waals surface area (Å²) in [7, 11) is 0. The van der Waals surface area contributed by atoms with Crippen molar-refractivity contribution in [3.63, 3.8) is 0 Å². The summed E-state index contributed by atoms with van der Waals surface area (Å²) in [5.74, 6) is 0.871. The number of carbonyl (C=O) groups is 2. The number of nitrogens with zero attached hydrogens (tertiary/aromatic N) is 1. The van der Waals surface area contributed by atoms with Crippen LogP contribution in [-0.4, -0.2) is 29.2 Å². The molecule has 0 unspecified atom stereocenters. The molecule has 33 heavy (non-hydrogen) atoms. The van der Waals surface area contributed by atoms with Gasteiger partial charge in [0.2, 0.25) is 11.8 Å². The number of ether oxygens (including phenoxy) is 1. The quantitative estimate of drug-likeness (QED) is 0.307. The van der Waals surface area contributed by atoms with Crippen molar-refractivity contribution in [1.29, 1.82) is 0 Å². The lowest BCUT2D eigenvalue weighted by molar-refractivity contribution is -0.115. The van der Waals surface area contributed by atoms with Crippen LogP contribution in [0.1, 0.15) is 12.5 Å². The molecular weight excluding hydrogens is 454 g/mol. The van der Waals surface area contributed by atoms with Gasteiger partial charge in [-0.1, -0.05) is 41.7 Å². The largest absolute Gasteiger partial charge is 0.494 e. The smallest absolute Gasteiger partial charge is 0.236 e. The van der Waals surface area contributed by atoms with Crippen LogP contribution in [0.15, 0.2) is 77.7 Å². The number of nitrogens with one attached hydrogen (secondary N) is 2. The zero-order chi connectivity index (χ0) is 23.0. The minimum atomic E-state index is -0.121. The van der Waals surface area contributed by atoms with Gasteiger partial charge in [0.15, 0.2) is 5.13 Å². The molecule has 0 fully saturated rings. The summed E-state index contributed by atoms with van der Waals surface area (Å²) in [5.41, 5.74) is 2.53. The molecule has 0 radical (unpaired) electrons. The number of rotatable bonds is 9. The van der Waals surface area contributed by atoms with Gasteiger partial charge in [-0.3, -0.25) is 9.59 Å². The normalized spacial score (nSPS) is 10.7. The maximum atomic E-state index is 12.4. The Balaban J connectivity index is 1.26. The van der Waals surface area contributed by atoms with Crippen LogP contribution in [0.25, 0.3) is 10.2 Å². The highest BCUT2D eigenvalue weighted by atomic mass is 32.2. The summed E-state index contributed by atoms with van der Waals surface area (Å²) in [6.45, 7) is 2.54. The number of hydrogen-bond donors (Lipinski definition) is 2. The topological polar surface area (TPSA) is 80.3 Å². The van der Waals surface area contributed by atoms with E-state index in [9.17, 15) is 9.59 Å². The SMILES string of the molecule is CCOc1ccc2nc(NC(=O)CSc3ccc(NC(=O)Cc4ccccc4)cc3)sc2c1. The molecule has 0 atom stereocenters. The Morgan fingerprint density at radius 1 is 0.970 bits per heavy atom. The Bertz CT molecular complexity index is 1240. The maximum absolute atomic E-state index is 12.4. The summed E-state index contributed by atoms with van der Waals surface area (Å²) >= 11 is 2.85. The van der Waals surface area contributed by atoms with Crippen LogP contribution < -0.4 is 15.4 Å². The minimum Gasteiger partial charge on any atom is -0.494 e. The van der Waals surface area contributed by atoms with E-state index in [1.807, 2.05) is 79.7 Å². The molecule has 4 rings (SSSR count).